The van der Waals surface area contributed by atoms with Crippen LogP contribution >= 0.6 is 0 Å². The maximum atomic E-state index is 11.6. The molecule has 0 atom stereocenters. The van der Waals surface area contributed by atoms with Gasteiger partial charge in [0.15, 0.2) is 0 Å². The molecule has 0 amide bonds. The SMILES string of the molecule is CC(=NCc1ccccn1)c1ccccc1[O-].[Cu+2].[O-][Cl+3]([O-])([O-])[O-].c1cnc2c(c1)ccc1cccnc12. The number of hydrogen-bond acceptors (Lipinski definition) is 9. The zero-order valence-electron chi connectivity index (χ0n) is 19.5. The molecule has 37 heavy (non-hydrogen) atoms. The first kappa shape index (κ1) is 29.8. The van der Waals surface area contributed by atoms with Gasteiger partial charge in [-0.2, -0.15) is 0 Å². The molecule has 0 saturated heterocycles. The average Bonchev–Trinajstić information content (AvgIpc) is 2.87. The van der Waals surface area contributed by atoms with Crippen LogP contribution in [0.2, 0.25) is 0 Å². The zero-order valence-corrected chi connectivity index (χ0v) is 21.2. The van der Waals surface area contributed by atoms with Gasteiger partial charge >= 0.3 is 17.1 Å². The number of halogens is 1. The third-order valence-electron chi connectivity index (χ3n) is 4.83. The van der Waals surface area contributed by atoms with Crippen molar-refractivity contribution in [1.29, 1.82) is 0 Å². The van der Waals surface area contributed by atoms with Crippen LogP contribution in [0.25, 0.3) is 21.8 Å². The predicted molar refractivity (Wildman–Crippen MR) is 123 cm³/mol. The molecule has 193 valence electrons. The molecular formula is C26H21ClCuN4O5. The summed E-state index contributed by atoms with van der Waals surface area (Å²) >= 11 is 0. The molecule has 5 rings (SSSR count). The van der Waals surface area contributed by atoms with Crippen molar-refractivity contribution in [3.05, 3.63) is 109 Å². The van der Waals surface area contributed by atoms with Crippen molar-refractivity contribution in [3.8, 4) is 5.75 Å². The van der Waals surface area contributed by atoms with Crippen LogP contribution in [0.5, 0.6) is 5.75 Å². The minimum Gasteiger partial charge on any atom is -0.872 e. The fourth-order valence-corrected chi connectivity index (χ4v) is 3.22. The predicted octanol–water partition coefficient (Wildman–Crippen LogP) is 0.189. The van der Waals surface area contributed by atoms with Crippen LogP contribution in [-0.4, -0.2) is 20.7 Å². The summed E-state index contributed by atoms with van der Waals surface area (Å²) in [5, 5.41) is 13.9. The van der Waals surface area contributed by atoms with Crippen LogP contribution in [-0.2, 0) is 23.6 Å². The van der Waals surface area contributed by atoms with Crippen molar-refractivity contribution < 1.29 is 51.1 Å². The van der Waals surface area contributed by atoms with Crippen LogP contribution in [0.15, 0.2) is 102 Å². The van der Waals surface area contributed by atoms with E-state index in [4.69, 9.17) is 18.6 Å². The fraction of sp³-hybridized carbons (Fsp3) is 0.0769. The van der Waals surface area contributed by atoms with Gasteiger partial charge in [0.1, 0.15) is 0 Å². The van der Waals surface area contributed by atoms with Crippen molar-refractivity contribution in [2.75, 3.05) is 0 Å². The van der Waals surface area contributed by atoms with Gasteiger partial charge in [0.25, 0.3) is 0 Å². The summed E-state index contributed by atoms with van der Waals surface area (Å²) in [6, 6.07) is 24.8. The Morgan fingerprint density at radius 3 is 1.73 bits per heavy atom. The van der Waals surface area contributed by atoms with Crippen molar-refractivity contribution in [2.24, 2.45) is 4.99 Å². The van der Waals surface area contributed by atoms with Crippen LogP contribution in [0.3, 0.4) is 0 Å². The number of pyridine rings is 3. The van der Waals surface area contributed by atoms with E-state index in [9.17, 15) is 5.11 Å². The van der Waals surface area contributed by atoms with Crippen molar-refractivity contribution in [1.82, 2.24) is 15.0 Å². The molecule has 0 fully saturated rings. The smallest absolute Gasteiger partial charge is 0.872 e. The molecule has 11 heteroatoms. The third-order valence-corrected chi connectivity index (χ3v) is 4.83. The summed E-state index contributed by atoms with van der Waals surface area (Å²) in [6.45, 7) is 2.35. The molecule has 5 aromatic rings. The van der Waals surface area contributed by atoms with E-state index in [0.29, 0.717) is 12.1 Å². The number of aliphatic imine (C=N–C) groups is 1. The molecule has 0 N–H and O–H groups in total. The van der Waals surface area contributed by atoms with Crippen molar-refractivity contribution in [2.45, 2.75) is 13.5 Å². The Morgan fingerprint density at radius 1 is 0.703 bits per heavy atom. The molecule has 9 nitrogen and oxygen atoms in total. The molecule has 0 saturated carbocycles. The van der Waals surface area contributed by atoms with Crippen LogP contribution in [0.1, 0.15) is 18.2 Å². The van der Waals surface area contributed by atoms with E-state index < -0.39 is 10.2 Å². The molecular weight excluding hydrogens is 547 g/mol. The van der Waals surface area contributed by atoms with Gasteiger partial charge in [0.2, 0.25) is 0 Å². The van der Waals surface area contributed by atoms with E-state index in [1.165, 1.54) is 0 Å². The molecule has 1 radical (unpaired) electrons. The Kier molecular flexibility index (Phi) is 11.5. The van der Waals surface area contributed by atoms with Crippen molar-refractivity contribution >= 4 is 27.5 Å². The number of benzene rings is 2. The number of fused-ring (bicyclic) bond motifs is 3. The molecule has 0 bridgehead atoms. The Hall–Kier alpha value is -3.47. The second-order valence-electron chi connectivity index (χ2n) is 7.31. The van der Waals surface area contributed by atoms with Gasteiger partial charge in [-0.25, -0.2) is 18.6 Å². The molecule has 3 heterocycles. The summed E-state index contributed by atoms with van der Waals surface area (Å²) in [5.74, 6) is 0.00905. The molecule has 0 aliphatic carbocycles. The quantitative estimate of drug-likeness (QED) is 0.169. The van der Waals surface area contributed by atoms with Gasteiger partial charge < -0.3 is 5.11 Å². The Bertz CT molecular complexity index is 1390. The number of aromatic nitrogens is 3. The van der Waals surface area contributed by atoms with Crippen LogP contribution in [0.4, 0.5) is 0 Å². The van der Waals surface area contributed by atoms with E-state index in [0.717, 1.165) is 33.2 Å². The van der Waals surface area contributed by atoms with Gasteiger partial charge in [0, 0.05) is 35.1 Å². The van der Waals surface area contributed by atoms with E-state index in [-0.39, 0.29) is 22.8 Å². The third kappa shape index (κ3) is 9.83. The zero-order chi connectivity index (χ0) is 26.0. The van der Waals surface area contributed by atoms with E-state index >= 15 is 0 Å². The molecule has 2 aromatic carbocycles. The standard InChI is InChI=1S/C14H14N2O.C12H8N2.ClHO4.Cu/c1-11(13-7-2-3-8-14(13)17)16-10-12-6-4-5-9-15-12;1-3-9-5-6-10-4-2-8-14-12(10)11(9)13-7-1;2-1(3,4)5;/h2-9,17H,10H2,1H3;1-8H;(H,2,3,4,5);/q;;;+2/p-2. The van der Waals surface area contributed by atoms with Gasteiger partial charge in [-0.3, -0.25) is 19.9 Å². The van der Waals surface area contributed by atoms with E-state index in [2.05, 4.69) is 44.2 Å². The maximum absolute atomic E-state index is 11.6. The fourth-order valence-electron chi connectivity index (χ4n) is 3.22. The summed E-state index contributed by atoms with van der Waals surface area (Å²) in [7, 11) is -4.94. The number of rotatable bonds is 3. The van der Waals surface area contributed by atoms with Gasteiger partial charge in [-0.1, -0.05) is 60.3 Å². The largest absolute Gasteiger partial charge is 2.00 e. The second-order valence-corrected chi connectivity index (χ2v) is 8.07. The molecule has 3 aromatic heterocycles. The maximum Gasteiger partial charge on any atom is 2.00 e. The van der Waals surface area contributed by atoms with Gasteiger partial charge in [0.05, 0.1) is 23.3 Å². The van der Waals surface area contributed by atoms with E-state index in [1.54, 1.807) is 36.8 Å². The monoisotopic (exact) mass is 567 g/mol. The second kappa shape index (κ2) is 14.3. The van der Waals surface area contributed by atoms with Gasteiger partial charge in [-0.15, -0.1) is 10.2 Å². The van der Waals surface area contributed by atoms with Crippen molar-refractivity contribution in [3.63, 3.8) is 0 Å². The molecule has 0 aliphatic rings. The number of nitrogens with zero attached hydrogens (tertiary/aromatic N) is 4. The molecule has 0 spiro atoms. The number of para-hydroxylation sites is 1. The van der Waals surface area contributed by atoms with Gasteiger partial charge in [-0.05, 0) is 36.8 Å². The first-order valence-corrected chi connectivity index (χ1v) is 11.8. The minimum atomic E-state index is -4.94. The Morgan fingerprint density at radius 2 is 1.22 bits per heavy atom. The van der Waals surface area contributed by atoms with Crippen LogP contribution in [0, 0.1) is 10.2 Å². The average molecular weight is 568 g/mol. The molecule has 0 unspecified atom stereocenters. The summed E-state index contributed by atoms with van der Waals surface area (Å²) in [6.07, 6.45) is 5.34. The summed E-state index contributed by atoms with van der Waals surface area (Å²) in [4.78, 5) is 17.3. The normalized spacial score (nSPS) is 11.0. The summed E-state index contributed by atoms with van der Waals surface area (Å²) < 4.78 is 34.0. The first-order chi connectivity index (χ1) is 17.2. The Labute approximate surface area is 226 Å². The topological polar surface area (TPSA) is 166 Å². The van der Waals surface area contributed by atoms with E-state index in [1.807, 2.05) is 43.3 Å². The Balaban J connectivity index is 0.000000218. The molecule has 0 aliphatic heterocycles. The summed E-state index contributed by atoms with van der Waals surface area (Å²) in [5.41, 5.74) is 4.26. The van der Waals surface area contributed by atoms with Crippen LogP contribution < -0.4 is 23.7 Å². The first-order valence-electron chi connectivity index (χ1n) is 10.6. The minimum absolute atomic E-state index is 0. The number of hydrogen-bond donors (Lipinski definition) is 0.